The number of nitrogens with one attached hydrogen (secondary N) is 1. The molecule has 1 aromatic carbocycles. The molecule has 1 amide bonds. The molecule has 3 aliphatic rings. The van der Waals surface area contributed by atoms with Crippen molar-refractivity contribution in [2.75, 3.05) is 31.9 Å². The van der Waals surface area contributed by atoms with Crippen molar-refractivity contribution in [3.8, 4) is 11.5 Å². The predicted molar refractivity (Wildman–Crippen MR) is 94.4 cm³/mol. The van der Waals surface area contributed by atoms with Crippen LogP contribution in [0.4, 0.5) is 0 Å². The van der Waals surface area contributed by atoms with Crippen molar-refractivity contribution >= 4 is 17.7 Å². The highest BCUT2D eigenvalue weighted by Gasteiger charge is 2.42. The Morgan fingerprint density at radius 1 is 1.29 bits per heavy atom. The molecule has 2 aliphatic heterocycles. The highest BCUT2D eigenvalue weighted by molar-refractivity contribution is 7.99. The highest BCUT2D eigenvalue weighted by atomic mass is 32.2. The largest absolute Gasteiger partial charge is 0.454 e. The van der Waals surface area contributed by atoms with Gasteiger partial charge in [0, 0.05) is 25.7 Å². The van der Waals surface area contributed by atoms with Crippen molar-refractivity contribution in [2.45, 2.75) is 25.4 Å². The fraction of sp³-hybridized carbons (Fsp3) is 0.611. The zero-order chi connectivity index (χ0) is 16.5. The van der Waals surface area contributed by atoms with Gasteiger partial charge in [-0.2, -0.15) is 11.8 Å². The molecule has 0 unspecified atom stereocenters. The number of hydrogen-bond donors (Lipinski definition) is 1. The van der Waals surface area contributed by atoms with Crippen LogP contribution >= 0.6 is 11.8 Å². The molecule has 2 atom stereocenters. The second kappa shape index (κ2) is 6.84. The summed E-state index contributed by atoms with van der Waals surface area (Å²) in [5.74, 6) is 3.79. The van der Waals surface area contributed by atoms with Crippen molar-refractivity contribution in [1.29, 1.82) is 0 Å². The molecule has 130 valence electrons. The van der Waals surface area contributed by atoms with E-state index in [2.05, 4.69) is 22.3 Å². The molecule has 1 aromatic rings. The van der Waals surface area contributed by atoms with Crippen LogP contribution in [0.1, 0.15) is 18.4 Å². The lowest BCUT2D eigenvalue weighted by molar-refractivity contribution is -0.119. The molecule has 24 heavy (non-hydrogen) atoms. The topological polar surface area (TPSA) is 50.8 Å². The fourth-order valence-corrected chi connectivity index (χ4v) is 4.22. The fourth-order valence-electron chi connectivity index (χ4n) is 3.87. The number of rotatable bonds is 6. The molecule has 2 fully saturated rings. The predicted octanol–water partition coefficient (Wildman–Crippen LogP) is 2.10. The first-order valence-corrected chi connectivity index (χ1v) is 10.0. The SMILES string of the molecule is CSCC(=O)N[C@H]1CN(Cc2ccc3c(c2)OCO3)C[C@@H]1C1CC1. The molecule has 0 bridgehead atoms. The summed E-state index contributed by atoms with van der Waals surface area (Å²) in [5, 5.41) is 3.26. The van der Waals surface area contributed by atoms with Crippen molar-refractivity contribution in [3.63, 3.8) is 0 Å². The Labute approximate surface area is 147 Å². The molecule has 1 aliphatic carbocycles. The summed E-state index contributed by atoms with van der Waals surface area (Å²) in [7, 11) is 0. The van der Waals surface area contributed by atoms with Gasteiger partial charge in [0.15, 0.2) is 11.5 Å². The van der Waals surface area contributed by atoms with Gasteiger partial charge in [-0.15, -0.1) is 0 Å². The smallest absolute Gasteiger partial charge is 0.231 e. The van der Waals surface area contributed by atoms with Gasteiger partial charge in [0.05, 0.1) is 5.75 Å². The third-order valence-electron chi connectivity index (χ3n) is 5.13. The van der Waals surface area contributed by atoms with Crippen LogP contribution in [-0.4, -0.2) is 48.7 Å². The zero-order valence-corrected chi connectivity index (χ0v) is 14.8. The molecule has 1 saturated carbocycles. The Balaban J connectivity index is 1.40. The average Bonchev–Trinajstić information content (AvgIpc) is 3.17. The number of thioether (sulfide) groups is 1. The number of likely N-dealkylation sites (tertiary alicyclic amines) is 1. The van der Waals surface area contributed by atoms with E-state index in [0.717, 1.165) is 37.1 Å². The van der Waals surface area contributed by atoms with Gasteiger partial charge in [-0.05, 0) is 48.6 Å². The third-order valence-corrected chi connectivity index (χ3v) is 5.68. The second-order valence-corrected chi connectivity index (χ2v) is 7.86. The molecule has 5 nitrogen and oxygen atoms in total. The van der Waals surface area contributed by atoms with E-state index >= 15 is 0 Å². The summed E-state index contributed by atoms with van der Waals surface area (Å²) >= 11 is 1.58. The van der Waals surface area contributed by atoms with Gasteiger partial charge >= 0.3 is 0 Å². The van der Waals surface area contributed by atoms with E-state index in [-0.39, 0.29) is 5.91 Å². The first-order chi connectivity index (χ1) is 11.7. The molecule has 4 rings (SSSR count). The number of carbonyl (C=O) groups excluding carboxylic acids is 1. The number of fused-ring (bicyclic) bond motifs is 1. The Bertz CT molecular complexity index is 620. The molecule has 2 heterocycles. The van der Waals surface area contributed by atoms with Gasteiger partial charge in [0.25, 0.3) is 0 Å². The third kappa shape index (κ3) is 3.49. The van der Waals surface area contributed by atoms with E-state index in [1.165, 1.54) is 18.4 Å². The number of ether oxygens (including phenoxy) is 2. The van der Waals surface area contributed by atoms with E-state index in [9.17, 15) is 4.79 Å². The molecular weight excluding hydrogens is 324 g/mol. The van der Waals surface area contributed by atoms with E-state index in [4.69, 9.17) is 9.47 Å². The van der Waals surface area contributed by atoms with Crippen molar-refractivity contribution < 1.29 is 14.3 Å². The minimum Gasteiger partial charge on any atom is -0.454 e. The summed E-state index contributed by atoms with van der Waals surface area (Å²) in [4.78, 5) is 14.5. The van der Waals surface area contributed by atoms with Crippen LogP contribution in [0, 0.1) is 11.8 Å². The highest BCUT2D eigenvalue weighted by Crippen LogP contribution is 2.42. The number of carbonyl (C=O) groups is 1. The number of hydrogen-bond acceptors (Lipinski definition) is 5. The van der Waals surface area contributed by atoms with Crippen LogP contribution in [0.15, 0.2) is 18.2 Å². The van der Waals surface area contributed by atoms with E-state index < -0.39 is 0 Å². The lowest BCUT2D eigenvalue weighted by atomic mass is 9.98. The lowest BCUT2D eigenvalue weighted by Crippen LogP contribution is -2.42. The molecule has 1 N–H and O–H groups in total. The summed E-state index contributed by atoms with van der Waals surface area (Å²) in [5.41, 5.74) is 1.24. The molecule has 0 aromatic heterocycles. The Morgan fingerprint density at radius 2 is 2.12 bits per heavy atom. The van der Waals surface area contributed by atoms with Gasteiger partial charge < -0.3 is 14.8 Å². The zero-order valence-electron chi connectivity index (χ0n) is 14.0. The summed E-state index contributed by atoms with van der Waals surface area (Å²) < 4.78 is 10.9. The van der Waals surface area contributed by atoms with Crippen LogP contribution < -0.4 is 14.8 Å². The van der Waals surface area contributed by atoms with Crippen molar-refractivity contribution in [1.82, 2.24) is 10.2 Å². The van der Waals surface area contributed by atoms with Gasteiger partial charge in [0.2, 0.25) is 12.7 Å². The lowest BCUT2D eigenvalue weighted by Gasteiger charge is -2.19. The minimum atomic E-state index is 0.170. The Morgan fingerprint density at radius 3 is 2.92 bits per heavy atom. The molecule has 6 heteroatoms. The van der Waals surface area contributed by atoms with Crippen LogP contribution in [-0.2, 0) is 11.3 Å². The van der Waals surface area contributed by atoms with E-state index in [0.29, 0.717) is 24.5 Å². The first-order valence-electron chi connectivity index (χ1n) is 8.62. The summed E-state index contributed by atoms with van der Waals surface area (Å²) in [6.07, 6.45) is 4.60. The van der Waals surface area contributed by atoms with Crippen molar-refractivity contribution in [3.05, 3.63) is 23.8 Å². The van der Waals surface area contributed by atoms with Crippen LogP contribution in [0.25, 0.3) is 0 Å². The van der Waals surface area contributed by atoms with E-state index in [1.54, 1.807) is 11.8 Å². The number of amides is 1. The quantitative estimate of drug-likeness (QED) is 0.853. The Kier molecular flexibility index (Phi) is 4.59. The van der Waals surface area contributed by atoms with Gasteiger partial charge in [0.1, 0.15) is 0 Å². The first kappa shape index (κ1) is 16.1. The molecule has 1 saturated heterocycles. The van der Waals surface area contributed by atoms with Gasteiger partial charge in [-0.3, -0.25) is 9.69 Å². The van der Waals surface area contributed by atoms with Gasteiger partial charge in [-0.25, -0.2) is 0 Å². The van der Waals surface area contributed by atoms with Crippen LogP contribution in [0.5, 0.6) is 11.5 Å². The molecule has 0 spiro atoms. The second-order valence-electron chi connectivity index (χ2n) is 6.99. The number of benzene rings is 1. The summed E-state index contributed by atoms with van der Waals surface area (Å²) in [6.45, 7) is 3.23. The molecular formula is C18H24N2O3S. The Hall–Kier alpha value is -1.40. The standard InChI is InChI=1S/C18H24N2O3S/c1-24-10-18(21)19-15-9-20(8-14(15)13-3-4-13)7-12-2-5-16-17(6-12)23-11-22-16/h2,5-6,13-15H,3-4,7-11H2,1H3,(H,19,21)/t14-,15+/m1/s1. The maximum absolute atomic E-state index is 12.0. The van der Waals surface area contributed by atoms with E-state index in [1.807, 2.05) is 12.3 Å². The van der Waals surface area contributed by atoms with Gasteiger partial charge in [-0.1, -0.05) is 6.07 Å². The average molecular weight is 348 g/mol. The van der Waals surface area contributed by atoms with Crippen LogP contribution in [0.3, 0.4) is 0 Å². The normalized spacial score (nSPS) is 25.9. The number of nitrogens with zero attached hydrogens (tertiary/aromatic N) is 1. The monoisotopic (exact) mass is 348 g/mol. The molecule has 0 radical (unpaired) electrons. The maximum atomic E-state index is 12.0. The maximum Gasteiger partial charge on any atom is 0.231 e. The minimum absolute atomic E-state index is 0.170. The van der Waals surface area contributed by atoms with Crippen molar-refractivity contribution in [2.24, 2.45) is 11.8 Å². The van der Waals surface area contributed by atoms with Crippen LogP contribution in [0.2, 0.25) is 0 Å². The summed E-state index contributed by atoms with van der Waals surface area (Å²) in [6, 6.07) is 6.48.